The Morgan fingerprint density at radius 1 is 1.31 bits per heavy atom. The Balaban J connectivity index is 2.51. The van der Waals surface area contributed by atoms with Crippen LogP contribution in [0.15, 0.2) is 18.2 Å². The highest BCUT2D eigenvalue weighted by molar-refractivity contribution is 5.75. The third kappa shape index (κ3) is 1.98. The summed E-state index contributed by atoms with van der Waals surface area (Å²) >= 11 is 0. The fourth-order valence-electron chi connectivity index (χ4n) is 2.46. The molecule has 2 rings (SSSR count). The van der Waals surface area contributed by atoms with E-state index in [4.69, 9.17) is 10.5 Å². The molecular weight excluding hydrogens is 198 g/mol. The molecule has 1 aromatic carbocycles. The van der Waals surface area contributed by atoms with Crippen molar-refractivity contribution in [2.24, 2.45) is 5.73 Å². The third-order valence-corrected chi connectivity index (χ3v) is 3.15. The minimum atomic E-state index is 0.209. The molecule has 0 amide bonds. The molecule has 1 aliphatic rings. The molecule has 1 atom stereocenters. The molecule has 86 valence electrons. The van der Waals surface area contributed by atoms with Gasteiger partial charge in [0.1, 0.15) is 5.75 Å². The number of ether oxygens (including phenoxy) is 1. The summed E-state index contributed by atoms with van der Waals surface area (Å²) in [5.74, 6) is 0.970. The SMILES string of the molecule is COc1cc(C)cc(C)c1C1=CC(N)CC1. The van der Waals surface area contributed by atoms with Gasteiger partial charge in [0.2, 0.25) is 0 Å². The van der Waals surface area contributed by atoms with Crippen molar-refractivity contribution in [2.75, 3.05) is 7.11 Å². The lowest BCUT2D eigenvalue weighted by Gasteiger charge is -2.13. The van der Waals surface area contributed by atoms with Crippen LogP contribution in [0.5, 0.6) is 5.75 Å². The number of methoxy groups -OCH3 is 1. The summed E-state index contributed by atoms with van der Waals surface area (Å²) in [6.07, 6.45) is 4.27. The van der Waals surface area contributed by atoms with Crippen molar-refractivity contribution < 1.29 is 4.74 Å². The van der Waals surface area contributed by atoms with Crippen LogP contribution in [0.2, 0.25) is 0 Å². The van der Waals surface area contributed by atoms with Gasteiger partial charge in [-0.1, -0.05) is 12.1 Å². The average Bonchev–Trinajstić information content (AvgIpc) is 2.63. The first-order chi connectivity index (χ1) is 7.61. The zero-order valence-electron chi connectivity index (χ0n) is 10.2. The van der Waals surface area contributed by atoms with E-state index in [0.717, 1.165) is 18.6 Å². The first-order valence-corrected chi connectivity index (χ1v) is 5.73. The summed E-state index contributed by atoms with van der Waals surface area (Å²) in [5, 5.41) is 0. The molecule has 0 aromatic heterocycles. The number of benzene rings is 1. The third-order valence-electron chi connectivity index (χ3n) is 3.15. The lowest BCUT2D eigenvalue weighted by molar-refractivity contribution is 0.412. The molecule has 1 aliphatic carbocycles. The Morgan fingerprint density at radius 2 is 2.06 bits per heavy atom. The summed E-state index contributed by atoms with van der Waals surface area (Å²) in [6.45, 7) is 4.23. The molecule has 2 heteroatoms. The van der Waals surface area contributed by atoms with E-state index in [0.29, 0.717) is 0 Å². The maximum Gasteiger partial charge on any atom is 0.126 e. The Labute approximate surface area is 97.1 Å². The Bertz CT molecular complexity index is 435. The molecule has 0 heterocycles. The predicted molar refractivity (Wildman–Crippen MR) is 67.7 cm³/mol. The van der Waals surface area contributed by atoms with Crippen LogP contribution in [0.1, 0.15) is 29.5 Å². The van der Waals surface area contributed by atoms with Crippen molar-refractivity contribution in [3.8, 4) is 5.75 Å². The normalized spacial score (nSPS) is 19.8. The van der Waals surface area contributed by atoms with Crippen molar-refractivity contribution in [1.29, 1.82) is 0 Å². The standard InChI is InChI=1S/C14H19NO/c1-9-6-10(2)14(13(7-9)16-3)11-4-5-12(15)8-11/h6-8,12H,4-5,15H2,1-3H3. The van der Waals surface area contributed by atoms with E-state index in [-0.39, 0.29) is 6.04 Å². The highest BCUT2D eigenvalue weighted by Gasteiger charge is 2.18. The monoisotopic (exact) mass is 217 g/mol. The molecule has 1 aromatic rings. The zero-order chi connectivity index (χ0) is 11.7. The summed E-state index contributed by atoms with van der Waals surface area (Å²) in [7, 11) is 1.73. The van der Waals surface area contributed by atoms with Gasteiger partial charge in [-0.15, -0.1) is 0 Å². The average molecular weight is 217 g/mol. The molecule has 0 spiro atoms. The number of aryl methyl sites for hydroxylation is 2. The van der Waals surface area contributed by atoms with Crippen LogP contribution in [-0.4, -0.2) is 13.2 Å². The van der Waals surface area contributed by atoms with Gasteiger partial charge < -0.3 is 10.5 Å². The fourth-order valence-corrected chi connectivity index (χ4v) is 2.46. The van der Waals surface area contributed by atoms with E-state index >= 15 is 0 Å². The largest absolute Gasteiger partial charge is 0.496 e. The van der Waals surface area contributed by atoms with Crippen LogP contribution in [0, 0.1) is 13.8 Å². The second-order valence-electron chi connectivity index (χ2n) is 4.55. The summed E-state index contributed by atoms with van der Waals surface area (Å²) < 4.78 is 5.47. The number of hydrogen-bond acceptors (Lipinski definition) is 2. The second kappa shape index (κ2) is 4.30. The Kier molecular flexibility index (Phi) is 3.01. The Morgan fingerprint density at radius 3 is 2.62 bits per heavy atom. The fraction of sp³-hybridized carbons (Fsp3) is 0.429. The number of nitrogens with two attached hydrogens (primary N) is 1. The van der Waals surface area contributed by atoms with E-state index in [1.54, 1.807) is 7.11 Å². The van der Waals surface area contributed by atoms with E-state index < -0.39 is 0 Å². The van der Waals surface area contributed by atoms with Gasteiger partial charge in [-0.2, -0.15) is 0 Å². The highest BCUT2D eigenvalue weighted by atomic mass is 16.5. The van der Waals surface area contributed by atoms with Crippen molar-refractivity contribution in [2.45, 2.75) is 32.7 Å². The number of allylic oxidation sites excluding steroid dienone is 1. The molecule has 0 radical (unpaired) electrons. The van der Waals surface area contributed by atoms with Gasteiger partial charge in [0.15, 0.2) is 0 Å². The van der Waals surface area contributed by atoms with E-state index in [9.17, 15) is 0 Å². The lowest BCUT2D eigenvalue weighted by atomic mass is 9.97. The van der Waals surface area contributed by atoms with Gasteiger partial charge >= 0.3 is 0 Å². The van der Waals surface area contributed by atoms with E-state index in [1.807, 2.05) is 0 Å². The number of hydrogen-bond donors (Lipinski definition) is 1. The van der Waals surface area contributed by atoms with Crippen molar-refractivity contribution in [3.05, 3.63) is 34.9 Å². The highest BCUT2D eigenvalue weighted by Crippen LogP contribution is 2.36. The molecular formula is C14H19NO. The van der Waals surface area contributed by atoms with Crippen LogP contribution >= 0.6 is 0 Å². The van der Waals surface area contributed by atoms with Gasteiger partial charge in [-0.3, -0.25) is 0 Å². The smallest absolute Gasteiger partial charge is 0.126 e. The topological polar surface area (TPSA) is 35.2 Å². The Hall–Kier alpha value is -1.28. The summed E-state index contributed by atoms with van der Waals surface area (Å²) in [6, 6.07) is 4.50. The molecule has 2 N–H and O–H groups in total. The first-order valence-electron chi connectivity index (χ1n) is 5.73. The van der Waals surface area contributed by atoms with Crippen LogP contribution in [-0.2, 0) is 0 Å². The molecule has 2 nitrogen and oxygen atoms in total. The maximum absolute atomic E-state index is 5.92. The van der Waals surface area contributed by atoms with Gasteiger partial charge in [0.05, 0.1) is 7.11 Å². The van der Waals surface area contributed by atoms with Gasteiger partial charge in [0.25, 0.3) is 0 Å². The maximum atomic E-state index is 5.92. The minimum absolute atomic E-state index is 0.209. The van der Waals surface area contributed by atoms with Crippen LogP contribution < -0.4 is 10.5 Å². The minimum Gasteiger partial charge on any atom is -0.496 e. The van der Waals surface area contributed by atoms with E-state index in [1.165, 1.54) is 22.3 Å². The van der Waals surface area contributed by atoms with Gasteiger partial charge in [-0.25, -0.2) is 0 Å². The first kappa shape index (κ1) is 11.2. The second-order valence-corrected chi connectivity index (χ2v) is 4.55. The van der Waals surface area contributed by atoms with Crippen LogP contribution in [0.25, 0.3) is 5.57 Å². The summed E-state index contributed by atoms with van der Waals surface area (Å²) in [4.78, 5) is 0. The molecule has 16 heavy (non-hydrogen) atoms. The van der Waals surface area contributed by atoms with Crippen molar-refractivity contribution >= 4 is 5.57 Å². The molecule has 0 fully saturated rings. The van der Waals surface area contributed by atoms with Crippen molar-refractivity contribution in [3.63, 3.8) is 0 Å². The van der Waals surface area contributed by atoms with E-state index in [2.05, 4.69) is 32.1 Å². The zero-order valence-corrected chi connectivity index (χ0v) is 10.2. The molecule has 0 saturated carbocycles. The van der Waals surface area contributed by atoms with Crippen molar-refractivity contribution in [1.82, 2.24) is 0 Å². The van der Waals surface area contributed by atoms with Crippen LogP contribution in [0.3, 0.4) is 0 Å². The number of rotatable bonds is 2. The van der Waals surface area contributed by atoms with Gasteiger partial charge in [-0.05, 0) is 49.5 Å². The molecule has 1 unspecified atom stereocenters. The predicted octanol–water partition coefficient (Wildman–Crippen LogP) is 2.82. The lowest BCUT2D eigenvalue weighted by Crippen LogP contribution is -2.11. The van der Waals surface area contributed by atoms with Crippen LogP contribution in [0.4, 0.5) is 0 Å². The molecule has 0 saturated heterocycles. The van der Waals surface area contributed by atoms with Gasteiger partial charge in [0, 0.05) is 11.6 Å². The summed E-state index contributed by atoms with van der Waals surface area (Å²) in [5.41, 5.74) is 11.0. The molecule has 0 aliphatic heterocycles. The quantitative estimate of drug-likeness (QED) is 0.826. The molecule has 0 bridgehead atoms.